The number of hydrogen-bond donors (Lipinski definition) is 3. The van der Waals surface area contributed by atoms with Crippen molar-refractivity contribution in [2.75, 3.05) is 13.2 Å². The summed E-state index contributed by atoms with van der Waals surface area (Å²) in [6, 6.07) is -0.547. The predicted molar refractivity (Wildman–Crippen MR) is 259 cm³/mol. The number of rotatable bonds is 48. The van der Waals surface area contributed by atoms with Crippen LogP contribution in [0.5, 0.6) is 0 Å². The Hall–Kier alpha value is -1.92. The first-order valence-electron chi connectivity index (χ1n) is 26.2. The molecule has 3 N–H and O–H groups in total. The van der Waals surface area contributed by atoms with Gasteiger partial charge in [0.1, 0.15) is 0 Å². The van der Waals surface area contributed by atoms with E-state index in [4.69, 9.17) is 4.74 Å². The zero-order valence-electron chi connectivity index (χ0n) is 39.9. The number of hydrogen-bond acceptors (Lipinski definition) is 5. The molecule has 0 aliphatic carbocycles. The Labute approximate surface area is 373 Å². The number of carbonyl (C=O) groups is 2. The molecule has 0 radical (unpaired) electrons. The molecule has 0 heterocycles. The summed E-state index contributed by atoms with van der Waals surface area (Å²) in [7, 11) is 0. The van der Waals surface area contributed by atoms with Crippen molar-refractivity contribution < 1.29 is 24.5 Å². The molecule has 0 aliphatic rings. The van der Waals surface area contributed by atoms with Crippen molar-refractivity contribution in [2.45, 2.75) is 283 Å². The van der Waals surface area contributed by atoms with Gasteiger partial charge in [0, 0.05) is 12.8 Å². The van der Waals surface area contributed by atoms with Crippen molar-refractivity contribution in [1.82, 2.24) is 5.32 Å². The van der Waals surface area contributed by atoms with E-state index in [-0.39, 0.29) is 18.5 Å². The van der Waals surface area contributed by atoms with Gasteiger partial charge in [0.15, 0.2) is 0 Å². The SMILES string of the molecule is CCCCC/C=C\C/C=C\CCCCCCCC(=O)OCCCCCCCCCC/C=C\CCCCCCCCCC(=O)NC(CO)C(O)CCCCCCCCCCC. The molecule has 1 amide bonds. The Bertz CT molecular complexity index is 977. The average molecular weight is 844 g/mol. The normalized spacial score (nSPS) is 12.9. The van der Waals surface area contributed by atoms with Crippen molar-refractivity contribution >= 4 is 11.9 Å². The van der Waals surface area contributed by atoms with Crippen LogP contribution in [0.2, 0.25) is 0 Å². The molecule has 60 heavy (non-hydrogen) atoms. The number of aliphatic hydroxyl groups is 2. The third kappa shape index (κ3) is 45.6. The Balaban J connectivity index is 3.43. The van der Waals surface area contributed by atoms with Crippen molar-refractivity contribution in [2.24, 2.45) is 0 Å². The zero-order valence-corrected chi connectivity index (χ0v) is 39.9. The maximum Gasteiger partial charge on any atom is 0.305 e. The summed E-state index contributed by atoms with van der Waals surface area (Å²) < 4.78 is 5.46. The number of aliphatic hydroxyl groups excluding tert-OH is 2. The van der Waals surface area contributed by atoms with Gasteiger partial charge in [-0.1, -0.05) is 211 Å². The lowest BCUT2D eigenvalue weighted by Crippen LogP contribution is -2.45. The minimum absolute atomic E-state index is 0.0108. The maximum atomic E-state index is 12.4. The fourth-order valence-corrected chi connectivity index (χ4v) is 7.84. The molecular weight excluding hydrogens is 743 g/mol. The number of carbonyl (C=O) groups excluding carboxylic acids is 2. The van der Waals surface area contributed by atoms with Gasteiger partial charge in [-0.15, -0.1) is 0 Å². The summed E-state index contributed by atoms with van der Waals surface area (Å²) in [6.07, 6.45) is 59.8. The summed E-state index contributed by atoms with van der Waals surface area (Å²) in [4.78, 5) is 24.4. The average Bonchev–Trinajstić information content (AvgIpc) is 3.25. The number of nitrogens with one attached hydrogen (secondary N) is 1. The quantitative estimate of drug-likeness (QED) is 0.0322. The molecular formula is C54H101NO5. The second-order valence-electron chi connectivity index (χ2n) is 17.8. The molecule has 0 aliphatic heterocycles. The lowest BCUT2D eigenvalue weighted by molar-refractivity contribution is -0.143. The van der Waals surface area contributed by atoms with Gasteiger partial charge < -0.3 is 20.3 Å². The van der Waals surface area contributed by atoms with Crippen molar-refractivity contribution in [3.05, 3.63) is 36.5 Å². The van der Waals surface area contributed by atoms with E-state index in [1.165, 1.54) is 180 Å². The van der Waals surface area contributed by atoms with Crippen LogP contribution in [-0.2, 0) is 14.3 Å². The summed E-state index contributed by atoms with van der Waals surface area (Å²) in [6.45, 7) is 4.88. The molecule has 0 aromatic rings. The number of amides is 1. The van der Waals surface area contributed by atoms with Crippen LogP contribution in [0.3, 0.4) is 0 Å². The van der Waals surface area contributed by atoms with Crippen LogP contribution in [0.1, 0.15) is 271 Å². The summed E-state index contributed by atoms with van der Waals surface area (Å²) in [5.74, 6) is -0.0590. The molecule has 0 fully saturated rings. The van der Waals surface area contributed by atoms with Crippen LogP contribution in [0.25, 0.3) is 0 Å². The molecule has 2 atom stereocenters. The van der Waals surface area contributed by atoms with Gasteiger partial charge in [-0.3, -0.25) is 9.59 Å². The Morgan fingerprint density at radius 3 is 1.32 bits per heavy atom. The monoisotopic (exact) mass is 844 g/mol. The second-order valence-corrected chi connectivity index (χ2v) is 17.8. The summed E-state index contributed by atoms with van der Waals surface area (Å²) in [5, 5.41) is 23.1. The fourth-order valence-electron chi connectivity index (χ4n) is 7.84. The van der Waals surface area contributed by atoms with Gasteiger partial charge in [0.2, 0.25) is 5.91 Å². The molecule has 2 unspecified atom stereocenters. The van der Waals surface area contributed by atoms with Gasteiger partial charge in [-0.2, -0.15) is 0 Å². The Morgan fingerprint density at radius 2 is 0.833 bits per heavy atom. The number of ether oxygens (including phenoxy) is 1. The van der Waals surface area contributed by atoms with E-state index in [2.05, 4.69) is 55.6 Å². The molecule has 6 nitrogen and oxygen atoms in total. The highest BCUT2D eigenvalue weighted by atomic mass is 16.5. The second kappa shape index (κ2) is 49.7. The molecule has 0 aromatic carbocycles. The van der Waals surface area contributed by atoms with Crippen LogP contribution >= 0.6 is 0 Å². The number of unbranched alkanes of at least 4 members (excludes halogenated alkanes) is 31. The van der Waals surface area contributed by atoms with Gasteiger partial charge in [-0.05, 0) is 83.5 Å². The van der Waals surface area contributed by atoms with Gasteiger partial charge in [-0.25, -0.2) is 0 Å². The standard InChI is InChI=1S/C54H101NO5/c1-3-5-7-9-11-13-14-15-21-25-28-32-36-40-44-48-54(59)60-49-45-41-37-33-29-26-23-20-18-16-17-19-22-24-27-31-35-39-43-47-53(58)55-51(50-56)52(57)46-42-38-34-30-12-10-8-6-4-2/h11,13,15-17,21,51-52,56-57H,3-10,12,14,18-20,22-50H2,1-2H3,(H,55,58)/b13-11-,17-16-,21-15-. The van der Waals surface area contributed by atoms with Crippen LogP contribution in [-0.4, -0.2) is 47.4 Å². The van der Waals surface area contributed by atoms with Gasteiger partial charge >= 0.3 is 5.97 Å². The van der Waals surface area contributed by atoms with E-state index < -0.39 is 12.1 Å². The minimum Gasteiger partial charge on any atom is -0.466 e. The van der Waals surface area contributed by atoms with E-state index in [1.807, 2.05) is 0 Å². The van der Waals surface area contributed by atoms with E-state index in [1.54, 1.807) is 0 Å². The van der Waals surface area contributed by atoms with E-state index in [9.17, 15) is 19.8 Å². The van der Waals surface area contributed by atoms with E-state index in [0.29, 0.717) is 25.9 Å². The van der Waals surface area contributed by atoms with Crippen LogP contribution in [0.15, 0.2) is 36.5 Å². The van der Waals surface area contributed by atoms with Crippen LogP contribution in [0.4, 0.5) is 0 Å². The topological polar surface area (TPSA) is 95.9 Å². The molecule has 0 bridgehead atoms. The molecule has 0 rings (SSSR count). The van der Waals surface area contributed by atoms with Crippen molar-refractivity contribution in [1.29, 1.82) is 0 Å². The largest absolute Gasteiger partial charge is 0.466 e. The Kier molecular flexibility index (Phi) is 48.1. The predicted octanol–water partition coefficient (Wildman–Crippen LogP) is 15.7. The highest BCUT2D eigenvalue weighted by Gasteiger charge is 2.20. The lowest BCUT2D eigenvalue weighted by Gasteiger charge is -2.22. The van der Waals surface area contributed by atoms with Crippen LogP contribution in [0, 0.1) is 0 Å². The highest BCUT2D eigenvalue weighted by molar-refractivity contribution is 5.76. The number of allylic oxidation sites excluding steroid dienone is 6. The van der Waals surface area contributed by atoms with Crippen molar-refractivity contribution in [3.63, 3.8) is 0 Å². The summed E-state index contributed by atoms with van der Waals surface area (Å²) >= 11 is 0. The zero-order chi connectivity index (χ0) is 43.7. The van der Waals surface area contributed by atoms with Crippen LogP contribution < -0.4 is 5.32 Å². The maximum absolute atomic E-state index is 12.4. The van der Waals surface area contributed by atoms with Gasteiger partial charge in [0.25, 0.3) is 0 Å². The van der Waals surface area contributed by atoms with Crippen molar-refractivity contribution in [3.8, 4) is 0 Å². The molecule has 0 saturated heterocycles. The first-order valence-corrected chi connectivity index (χ1v) is 26.2. The minimum atomic E-state index is -0.668. The molecule has 0 aromatic heterocycles. The fraction of sp³-hybridized carbons (Fsp3) is 0.852. The highest BCUT2D eigenvalue weighted by Crippen LogP contribution is 2.15. The Morgan fingerprint density at radius 1 is 0.467 bits per heavy atom. The first kappa shape index (κ1) is 58.1. The molecule has 6 heteroatoms. The molecule has 352 valence electrons. The lowest BCUT2D eigenvalue weighted by atomic mass is 10.0. The first-order chi connectivity index (χ1) is 29.5. The molecule has 0 saturated carbocycles. The van der Waals surface area contributed by atoms with E-state index >= 15 is 0 Å². The van der Waals surface area contributed by atoms with Gasteiger partial charge in [0.05, 0.1) is 25.4 Å². The summed E-state index contributed by atoms with van der Waals surface area (Å²) in [5.41, 5.74) is 0. The third-order valence-electron chi connectivity index (χ3n) is 11.9. The molecule has 0 spiro atoms. The number of esters is 1. The van der Waals surface area contributed by atoms with E-state index in [0.717, 1.165) is 57.8 Å². The smallest absolute Gasteiger partial charge is 0.305 e. The third-order valence-corrected chi connectivity index (χ3v) is 11.9.